The van der Waals surface area contributed by atoms with E-state index < -0.39 is 17.5 Å². The van der Waals surface area contributed by atoms with E-state index in [1.807, 2.05) is 0 Å². The van der Waals surface area contributed by atoms with Crippen LogP contribution in [0.5, 0.6) is 0 Å². The average molecular weight is 284 g/mol. The fourth-order valence-corrected chi connectivity index (χ4v) is 2.52. The molecule has 1 heterocycles. The van der Waals surface area contributed by atoms with Gasteiger partial charge in [0.25, 0.3) is 0 Å². The van der Waals surface area contributed by atoms with Crippen LogP contribution in [0.2, 0.25) is 0 Å². The van der Waals surface area contributed by atoms with E-state index >= 15 is 0 Å². The molecule has 3 nitrogen and oxygen atoms in total. The van der Waals surface area contributed by atoms with Crippen LogP contribution < -0.4 is 10.2 Å². The minimum Gasteiger partial charge on any atom is -0.308 e. The van der Waals surface area contributed by atoms with E-state index in [-0.39, 0.29) is 17.6 Å². The summed E-state index contributed by atoms with van der Waals surface area (Å²) in [7, 11) is 0. The van der Waals surface area contributed by atoms with E-state index in [0.717, 1.165) is 18.9 Å². The zero-order valence-electron chi connectivity index (χ0n) is 10.8. The fraction of sp³-hybridized carbons (Fsp3) is 0.500. The smallest absolute Gasteiger partial charge is 0.244 e. The molecule has 1 amide bonds. The number of benzene rings is 1. The van der Waals surface area contributed by atoms with Crippen molar-refractivity contribution >= 4 is 11.6 Å². The molecule has 1 saturated heterocycles. The molecule has 1 unspecified atom stereocenters. The Labute approximate surface area is 114 Å². The molecule has 2 aliphatic rings. The number of hydrogen-bond acceptors (Lipinski definition) is 2. The number of nitrogens with zero attached hydrogens (tertiary/aromatic N) is 1. The molecule has 1 aliphatic carbocycles. The third-order valence-corrected chi connectivity index (χ3v) is 3.73. The molecule has 108 valence electrons. The van der Waals surface area contributed by atoms with Gasteiger partial charge in [-0.1, -0.05) is 0 Å². The summed E-state index contributed by atoms with van der Waals surface area (Å²) in [6.07, 6.45) is 3.48. The van der Waals surface area contributed by atoms with Crippen LogP contribution >= 0.6 is 0 Å². The van der Waals surface area contributed by atoms with Crippen LogP contribution in [0.1, 0.15) is 25.7 Å². The maximum atomic E-state index is 13.8. The first kappa shape index (κ1) is 13.4. The molecular formula is C14H15F3N2O. The first-order valence-electron chi connectivity index (χ1n) is 6.78. The Morgan fingerprint density at radius 2 is 1.75 bits per heavy atom. The molecule has 20 heavy (non-hydrogen) atoms. The molecule has 1 N–H and O–H groups in total. The van der Waals surface area contributed by atoms with Crippen molar-refractivity contribution in [3.8, 4) is 0 Å². The van der Waals surface area contributed by atoms with Crippen LogP contribution in [-0.4, -0.2) is 24.5 Å². The van der Waals surface area contributed by atoms with Crippen LogP contribution in [0, 0.1) is 17.5 Å². The summed E-state index contributed by atoms with van der Waals surface area (Å²) in [5.41, 5.74) is -0.184. The average Bonchev–Trinajstić information content (AvgIpc) is 3.21. The van der Waals surface area contributed by atoms with Crippen molar-refractivity contribution in [3.63, 3.8) is 0 Å². The van der Waals surface area contributed by atoms with Crippen LogP contribution in [0.3, 0.4) is 0 Å². The summed E-state index contributed by atoms with van der Waals surface area (Å²) in [5, 5.41) is 3.21. The monoisotopic (exact) mass is 284 g/mol. The Hall–Kier alpha value is -1.56. The van der Waals surface area contributed by atoms with E-state index in [2.05, 4.69) is 5.32 Å². The molecule has 6 heteroatoms. The Morgan fingerprint density at radius 3 is 2.45 bits per heavy atom. The molecule has 1 aromatic rings. The van der Waals surface area contributed by atoms with E-state index in [0.29, 0.717) is 31.5 Å². The van der Waals surface area contributed by atoms with Crippen LogP contribution in [0.15, 0.2) is 12.1 Å². The second kappa shape index (κ2) is 5.09. The standard InChI is InChI=1S/C14H15F3N2O/c15-9-6-11(17)13(7-10(9)16)19-5-1-2-12(14(19)20)18-8-3-4-8/h6-8,12,18H,1-5H2. The van der Waals surface area contributed by atoms with Gasteiger partial charge in [-0.25, -0.2) is 13.2 Å². The van der Waals surface area contributed by atoms with Gasteiger partial charge in [0.15, 0.2) is 11.6 Å². The minimum absolute atomic E-state index is 0.184. The Morgan fingerprint density at radius 1 is 1.05 bits per heavy atom. The zero-order chi connectivity index (χ0) is 14.3. The third-order valence-electron chi connectivity index (χ3n) is 3.73. The maximum absolute atomic E-state index is 13.8. The molecule has 1 atom stereocenters. The molecule has 0 bridgehead atoms. The van der Waals surface area contributed by atoms with Gasteiger partial charge >= 0.3 is 0 Å². The number of hydrogen-bond donors (Lipinski definition) is 1. The SMILES string of the molecule is O=C1C(NC2CC2)CCCN1c1cc(F)c(F)cc1F. The van der Waals surface area contributed by atoms with Gasteiger partial charge in [0.1, 0.15) is 5.82 Å². The van der Waals surface area contributed by atoms with Gasteiger partial charge in [0.2, 0.25) is 5.91 Å². The van der Waals surface area contributed by atoms with Crippen molar-refractivity contribution in [1.29, 1.82) is 0 Å². The third kappa shape index (κ3) is 2.52. The summed E-state index contributed by atoms with van der Waals surface area (Å²) in [5.74, 6) is -3.58. The van der Waals surface area contributed by atoms with Crippen molar-refractivity contribution in [2.24, 2.45) is 0 Å². The summed E-state index contributed by atoms with van der Waals surface area (Å²) >= 11 is 0. The van der Waals surface area contributed by atoms with E-state index in [1.165, 1.54) is 4.90 Å². The highest BCUT2D eigenvalue weighted by Crippen LogP contribution is 2.28. The van der Waals surface area contributed by atoms with Gasteiger partial charge in [-0.2, -0.15) is 0 Å². The van der Waals surface area contributed by atoms with Crippen molar-refractivity contribution in [2.75, 3.05) is 11.4 Å². The molecule has 1 aromatic carbocycles. The highest BCUT2D eigenvalue weighted by Gasteiger charge is 2.35. The van der Waals surface area contributed by atoms with Crippen LogP contribution in [-0.2, 0) is 4.79 Å². The summed E-state index contributed by atoms with van der Waals surface area (Å²) < 4.78 is 40.0. The summed E-state index contributed by atoms with van der Waals surface area (Å²) in [4.78, 5) is 13.5. The Bertz CT molecular complexity index is 545. The fourth-order valence-electron chi connectivity index (χ4n) is 2.52. The highest BCUT2D eigenvalue weighted by molar-refractivity contribution is 5.98. The molecule has 3 rings (SSSR count). The number of halogens is 3. The van der Waals surface area contributed by atoms with Crippen LogP contribution in [0.4, 0.5) is 18.9 Å². The largest absolute Gasteiger partial charge is 0.308 e. The first-order chi connectivity index (χ1) is 9.56. The van der Waals surface area contributed by atoms with Gasteiger partial charge in [0.05, 0.1) is 11.7 Å². The number of amides is 1. The van der Waals surface area contributed by atoms with Crippen LogP contribution in [0.25, 0.3) is 0 Å². The van der Waals surface area contributed by atoms with E-state index in [9.17, 15) is 18.0 Å². The molecule has 2 fully saturated rings. The van der Waals surface area contributed by atoms with Gasteiger partial charge in [-0.05, 0) is 25.7 Å². The second-order valence-electron chi connectivity index (χ2n) is 5.34. The van der Waals surface area contributed by atoms with Crippen molar-refractivity contribution in [3.05, 3.63) is 29.6 Å². The number of rotatable bonds is 3. The topological polar surface area (TPSA) is 32.3 Å². The predicted molar refractivity (Wildman–Crippen MR) is 67.8 cm³/mol. The lowest BCUT2D eigenvalue weighted by Gasteiger charge is -2.33. The predicted octanol–water partition coefficient (Wildman–Crippen LogP) is 2.35. The normalized spacial score (nSPS) is 23.2. The van der Waals surface area contributed by atoms with Gasteiger partial charge in [0, 0.05) is 24.7 Å². The summed E-state index contributed by atoms with van der Waals surface area (Å²) in [6, 6.07) is 1.24. The van der Waals surface area contributed by atoms with Crippen molar-refractivity contribution in [1.82, 2.24) is 5.32 Å². The van der Waals surface area contributed by atoms with E-state index in [4.69, 9.17) is 0 Å². The van der Waals surface area contributed by atoms with E-state index in [1.54, 1.807) is 0 Å². The Balaban J connectivity index is 1.84. The molecule has 0 radical (unpaired) electrons. The first-order valence-corrected chi connectivity index (χ1v) is 6.78. The number of piperidine rings is 1. The number of carbonyl (C=O) groups is 1. The highest BCUT2D eigenvalue weighted by atomic mass is 19.2. The molecule has 0 aromatic heterocycles. The quantitative estimate of drug-likeness (QED) is 0.864. The number of carbonyl (C=O) groups excluding carboxylic acids is 1. The number of anilines is 1. The lowest BCUT2D eigenvalue weighted by Crippen LogP contribution is -2.51. The summed E-state index contributed by atoms with van der Waals surface area (Å²) in [6.45, 7) is 0.323. The zero-order valence-corrected chi connectivity index (χ0v) is 10.8. The van der Waals surface area contributed by atoms with Gasteiger partial charge in [-0.15, -0.1) is 0 Å². The second-order valence-corrected chi connectivity index (χ2v) is 5.34. The molecule has 1 aliphatic heterocycles. The molecular weight excluding hydrogens is 269 g/mol. The number of nitrogens with one attached hydrogen (secondary N) is 1. The lowest BCUT2D eigenvalue weighted by molar-refractivity contribution is -0.121. The molecule has 1 saturated carbocycles. The Kier molecular flexibility index (Phi) is 3.41. The van der Waals surface area contributed by atoms with Gasteiger partial charge < -0.3 is 10.2 Å². The van der Waals surface area contributed by atoms with Crippen molar-refractivity contribution in [2.45, 2.75) is 37.8 Å². The van der Waals surface area contributed by atoms with Crippen molar-refractivity contribution < 1.29 is 18.0 Å². The lowest BCUT2D eigenvalue weighted by atomic mass is 10.0. The maximum Gasteiger partial charge on any atom is 0.244 e. The van der Waals surface area contributed by atoms with Gasteiger partial charge in [-0.3, -0.25) is 4.79 Å². The minimum atomic E-state index is -1.25. The molecule has 0 spiro atoms.